The third kappa shape index (κ3) is 1.96. The molecule has 3 heteroatoms. The number of pyridine rings is 1. The highest BCUT2D eigenvalue weighted by molar-refractivity contribution is 6.30. The molecule has 0 aliphatic carbocycles. The molecule has 0 amide bonds. The van der Waals surface area contributed by atoms with Gasteiger partial charge in [-0.2, -0.15) is 0 Å². The smallest absolute Gasteiger partial charge is 0.134 e. The Morgan fingerprint density at radius 1 is 1.50 bits per heavy atom. The van der Waals surface area contributed by atoms with E-state index >= 15 is 0 Å². The lowest BCUT2D eigenvalue weighted by atomic mass is 10.0. The first kappa shape index (κ1) is 9.49. The van der Waals surface area contributed by atoms with Crippen LogP contribution in [0.5, 0.6) is 0 Å². The predicted octanol–water partition coefficient (Wildman–Crippen LogP) is 2.42. The van der Waals surface area contributed by atoms with Gasteiger partial charge in [-0.1, -0.05) is 31.5 Å². The number of aromatic nitrogens is 1. The van der Waals surface area contributed by atoms with Crippen LogP contribution in [-0.2, 0) is 0 Å². The summed E-state index contributed by atoms with van der Waals surface area (Å²) in [6.45, 7) is 3.88. The maximum atomic E-state index is 9.65. The van der Waals surface area contributed by atoms with Gasteiger partial charge in [0.25, 0.3) is 0 Å². The molecular formula is C9H12ClNO. The SMILES string of the molecule is CC(C)C(O)c1cccnc1Cl. The molecule has 0 spiro atoms. The van der Waals surface area contributed by atoms with Gasteiger partial charge in [-0.05, 0) is 12.0 Å². The average Bonchev–Trinajstić information content (AvgIpc) is 2.04. The highest BCUT2D eigenvalue weighted by Gasteiger charge is 2.14. The Labute approximate surface area is 77.2 Å². The topological polar surface area (TPSA) is 33.1 Å². The lowest BCUT2D eigenvalue weighted by Crippen LogP contribution is -2.06. The molecule has 0 aliphatic rings. The largest absolute Gasteiger partial charge is 0.388 e. The van der Waals surface area contributed by atoms with Gasteiger partial charge in [0.1, 0.15) is 5.15 Å². The predicted molar refractivity (Wildman–Crippen MR) is 49.0 cm³/mol. The van der Waals surface area contributed by atoms with E-state index in [0.29, 0.717) is 10.7 Å². The van der Waals surface area contributed by atoms with Crippen molar-refractivity contribution in [3.63, 3.8) is 0 Å². The lowest BCUT2D eigenvalue weighted by molar-refractivity contribution is 0.126. The first-order chi connectivity index (χ1) is 5.63. The van der Waals surface area contributed by atoms with Crippen molar-refractivity contribution in [2.24, 2.45) is 5.92 Å². The monoisotopic (exact) mass is 185 g/mol. The highest BCUT2D eigenvalue weighted by Crippen LogP contribution is 2.25. The minimum atomic E-state index is -0.522. The fourth-order valence-electron chi connectivity index (χ4n) is 0.978. The van der Waals surface area contributed by atoms with Crippen LogP contribution in [0.15, 0.2) is 18.3 Å². The fourth-order valence-corrected chi connectivity index (χ4v) is 1.21. The minimum Gasteiger partial charge on any atom is -0.388 e. The Morgan fingerprint density at radius 2 is 2.17 bits per heavy atom. The molecule has 0 aromatic carbocycles. The molecule has 0 saturated carbocycles. The highest BCUT2D eigenvalue weighted by atomic mass is 35.5. The van der Waals surface area contributed by atoms with Crippen molar-refractivity contribution in [1.82, 2.24) is 4.98 Å². The Hall–Kier alpha value is -0.600. The lowest BCUT2D eigenvalue weighted by Gasteiger charge is -2.14. The summed E-state index contributed by atoms with van der Waals surface area (Å²) in [4.78, 5) is 3.89. The van der Waals surface area contributed by atoms with Crippen LogP contribution in [0.2, 0.25) is 5.15 Å². The summed E-state index contributed by atoms with van der Waals surface area (Å²) in [6, 6.07) is 3.56. The number of rotatable bonds is 2. The normalized spacial score (nSPS) is 13.4. The van der Waals surface area contributed by atoms with Crippen LogP contribution in [-0.4, -0.2) is 10.1 Å². The van der Waals surface area contributed by atoms with E-state index in [1.165, 1.54) is 0 Å². The van der Waals surface area contributed by atoms with Crippen molar-refractivity contribution < 1.29 is 5.11 Å². The van der Waals surface area contributed by atoms with Gasteiger partial charge >= 0.3 is 0 Å². The van der Waals surface area contributed by atoms with Crippen molar-refractivity contribution in [3.05, 3.63) is 29.0 Å². The summed E-state index contributed by atoms with van der Waals surface area (Å²) in [5, 5.41) is 10.0. The molecule has 1 N–H and O–H groups in total. The summed E-state index contributed by atoms with van der Waals surface area (Å²) in [5.74, 6) is 0.159. The zero-order chi connectivity index (χ0) is 9.14. The van der Waals surface area contributed by atoms with Crippen LogP contribution in [0.1, 0.15) is 25.5 Å². The molecule has 1 rings (SSSR count). The molecule has 12 heavy (non-hydrogen) atoms. The maximum absolute atomic E-state index is 9.65. The fraction of sp³-hybridized carbons (Fsp3) is 0.444. The Kier molecular flexibility index (Phi) is 3.06. The van der Waals surface area contributed by atoms with Gasteiger partial charge in [0.15, 0.2) is 0 Å². The van der Waals surface area contributed by atoms with Crippen molar-refractivity contribution in [2.75, 3.05) is 0 Å². The van der Waals surface area contributed by atoms with E-state index in [2.05, 4.69) is 4.98 Å². The van der Waals surface area contributed by atoms with E-state index < -0.39 is 6.10 Å². The Morgan fingerprint density at radius 3 is 2.67 bits per heavy atom. The van der Waals surface area contributed by atoms with E-state index in [0.717, 1.165) is 0 Å². The quantitative estimate of drug-likeness (QED) is 0.718. The second-order valence-electron chi connectivity index (χ2n) is 3.07. The number of hydrogen-bond acceptors (Lipinski definition) is 2. The average molecular weight is 186 g/mol. The summed E-state index contributed by atoms with van der Waals surface area (Å²) >= 11 is 5.79. The van der Waals surface area contributed by atoms with Crippen molar-refractivity contribution >= 4 is 11.6 Å². The van der Waals surface area contributed by atoms with Gasteiger partial charge in [-0.25, -0.2) is 4.98 Å². The molecule has 0 saturated heterocycles. The van der Waals surface area contributed by atoms with Crippen LogP contribution >= 0.6 is 11.6 Å². The second kappa shape index (κ2) is 3.87. The van der Waals surface area contributed by atoms with E-state index in [4.69, 9.17) is 11.6 Å². The maximum Gasteiger partial charge on any atom is 0.134 e. The minimum absolute atomic E-state index is 0.159. The van der Waals surface area contributed by atoms with Crippen LogP contribution in [0.4, 0.5) is 0 Å². The van der Waals surface area contributed by atoms with Crippen LogP contribution in [0, 0.1) is 5.92 Å². The van der Waals surface area contributed by atoms with Crippen molar-refractivity contribution in [2.45, 2.75) is 20.0 Å². The van der Waals surface area contributed by atoms with E-state index in [-0.39, 0.29) is 5.92 Å². The molecule has 0 fully saturated rings. The molecule has 1 aromatic heterocycles. The number of halogens is 1. The summed E-state index contributed by atoms with van der Waals surface area (Å²) in [6.07, 6.45) is 1.09. The van der Waals surface area contributed by atoms with Gasteiger partial charge < -0.3 is 5.11 Å². The second-order valence-corrected chi connectivity index (χ2v) is 3.43. The molecule has 0 aliphatic heterocycles. The molecule has 1 aromatic rings. The number of aliphatic hydroxyl groups excluding tert-OH is 1. The molecule has 1 heterocycles. The summed E-state index contributed by atoms with van der Waals surface area (Å²) in [7, 11) is 0. The van der Waals surface area contributed by atoms with Crippen LogP contribution < -0.4 is 0 Å². The summed E-state index contributed by atoms with van der Waals surface area (Å²) < 4.78 is 0. The first-order valence-corrected chi connectivity index (χ1v) is 4.29. The zero-order valence-electron chi connectivity index (χ0n) is 7.16. The number of aliphatic hydroxyl groups is 1. The zero-order valence-corrected chi connectivity index (χ0v) is 7.92. The summed E-state index contributed by atoms with van der Waals surface area (Å²) in [5.41, 5.74) is 0.703. The molecule has 1 atom stereocenters. The molecule has 0 bridgehead atoms. The number of nitrogens with zero attached hydrogens (tertiary/aromatic N) is 1. The third-order valence-electron chi connectivity index (χ3n) is 1.74. The van der Waals surface area contributed by atoms with E-state index in [1.807, 2.05) is 13.8 Å². The van der Waals surface area contributed by atoms with Gasteiger partial charge in [0.05, 0.1) is 6.10 Å². The van der Waals surface area contributed by atoms with E-state index in [1.54, 1.807) is 18.3 Å². The number of hydrogen-bond donors (Lipinski definition) is 1. The van der Waals surface area contributed by atoms with Crippen molar-refractivity contribution in [1.29, 1.82) is 0 Å². The van der Waals surface area contributed by atoms with Crippen molar-refractivity contribution in [3.8, 4) is 0 Å². The van der Waals surface area contributed by atoms with E-state index in [9.17, 15) is 5.11 Å². The van der Waals surface area contributed by atoms with Gasteiger partial charge in [-0.3, -0.25) is 0 Å². The molecule has 1 unspecified atom stereocenters. The van der Waals surface area contributed by atoms with Gasteiger partial charge in [0, 0.05) is 11.8 Å². The Bertz CT molecular complexity index is 262. The van der Waals surface area contributed by atoms with Gasteiger partial charge in [0.2, 0.25) is 0 Å². The first-order valence-electron chi connectivity index (χ1n) is 3.91. The van der Waals surface area contributed by atoms with Gasteiger partial charge in [-0.15, -0.1) is 0 Å². The van der Waals surface area contributed by atoms with Crippen LogP contribution in [0.3, 0.4) is 0 Å². The molecular weight excluding hydrogens is 174 g/mol. The third-order valence-corrected chi connectivity index (χ3v) is 2.05. The molecule has 0 radical (unpaired) electrons. The van der Waals surface area contributed by atoms with Crippen LogP contribution in [0.25, 0.3) is 0 Å². The molecule has 2 nitrogen and oxygen atoms in total. The standard InChI is InChI=1S/C9H12ClNO/c1-6(2)8(12)7-4-3-5-11-9(7)10/h3-6,8,12H,1-2H3. The molecule has 66 valence electrons. The Balaban J connectivity index is 2.94.